The molecule has 0 radical (unpaired) electrons. The van der Waals surface area contributed by atoms with E-state index in [2.05, 4.69) is 19.1 Å². The lowest BCUT2D eigenvalue weighted by Gasteiger charge is -2.20. The zero-order valence-electron chi connectivity index (χ0n) is 15.8. The maximum absolute atomic E-state index is 10.0. The molecule has 3 N–H and O–H groups in total. The summed E-state index contributed by atoms with van der Waals surface area (Å²) < 4.78 is 11.0. The van der Waals surface area contributed by atoms with E-state index in [1.54, 1.807) is 0 Å². The lowest BCUT2D eigenvalue weighted by Crippen LogP contribution is -2.41. The number of aliphatic hydroxyl groups is 3. The van der Waals surface area contributed by atoms with Gasteiger partial charge < -0.3 is 24.8 Å². The summed E-state index contributed by atoms with van der Waals surface area (Å²) in [6.07, 6.45) is 13.7. The second kappa shape index (κ2) is 14.7. The minimum absolute atomic E-state index is 0.272. The van der Waals surface area contributed by atoms with Crippen molar-refractivity contribution in [3.05, 3.63) is 12.2 Å². The molecule has 0 aromatic carbocycles. The van der Waals surface area contributed by atoms with Crippen LogP contribution in [0.4, 0.5) is 0 Å². The van der Waals surface area contributed by atoms with Gasteiger partial charge in [0.1, 0.15) is 24.4 Å². The largest absolute Gasteiger partial charge is 0.394 e. The van der Waals surface area contributed by atoms with Crippen LogP contribution in [0.3, 0.4) is 0 Å². The second-order valence-corrected chi connectivity index (χ2v) is 6.97. The Morgan fingerprint density at radius 2 is 1.68 bits per heavy atom. The van der Waals surface area contributed by atoms with Gasteiger partial charge in [0.25, 0.3) is 0 Å². The number of hydrogen-bond acceptors (Lipinski definition) is 5. The minimum atomic E-state index is -1.05. The van der Waals surface area contributed by atoms with Crippen molar-refractivity contribution in [1.29, 1.82) is 0 Å². The zero-order valence-corrected chi connectivity index (χ0v) is 15.8. The van der Waals surface area contributed by atoms with Gasteiger partial charge in [0.15, 0.2) is 0 Å². The van der Waals surface area contributed by atoms with Crippen LogP contribution in [0.2, 0.25) is 0 Å². The molecule has 25 heavy (non-hydrogen) atoms. The molecule has 0 amide bonds. The zero-order chi connectivity index (χ0) is 18.3. The van der Waals surface area contributed by atoms with Crippen molar-refractivity contribution in [3.8, 4) is 0 Å². The molecule has 0 spiro atoms. The molecule has 0 aromatic rings. The van der Waals surface area contributed by atoms with Crippen molar-refractivity contribution < 1.29 is 24.8 Å². The maximum Gasteiger partial charge on any atom is 0.114 e. The quantitative estimate of drug-likeness (QED) is 0.310. The van der Waals surface area contributed by atoms with E-state index in [9.17, 15) is 10.2 Å². The summed E-state index contributed by atoms with van der Waals surface area (Å²) in [6, 6.07) is 0. The molecule has 1 aliphatic rings. The van der Waals surface area contributed by atoms with Crippen LogP contribution in [0.1, 0.15) is 71.1 Å². The molecule has 0 aliphatic carbocycles. The Morgan fingerprint density at radius 3 is 2.36 bits per heavy atom. The summed E-state index contributed by atoms with van der Waals surface area (Å²) >= 11 is 0. The van der Waals surface area contributed by atoms with Gasteiger partial charge in [0, 0.05) is 6.61 Å². The van der Waals surface area contributed by atoms with Crippen LogP contribution >= 0.6 is 0 Å². The smallest absolute Gasteiger partial charge is 0.114 e. The van der Waals surface area contributed by atoms with Gasteiger partial charge in [0.05, 0.1) is 13.2 Å². The van der Waals surface area contributed by atoms with Gasteiger partial charge in [-0.25, -0.2) is 0 Å². The fourth-order valence-corrected chi connectivity index (χ4v) is 3.07. The SMILES string of the molecule is CCCC/C=C/CCCCCCCCO[C@H]1CO[C@@H]([C@H](O)CO)[C@H]1O. The molecule has 1 aliphatic heterocycles. The fraction of sp³-hybridized carbons (Fsp3) is 0.900. The molecule has 0 aromatic heterocycles. The molecular formula is C20H38O5. The minimum Gasteiger partial charge on any atom is -0.394 e. The molecule has 0 saturated carbocycles. The molecule has 5 nitrogen and oxygen atoms in total. The Labute approximate surface area is 153 Å². The van der Waals surface area contributed by atoms with E-state index in [1.165, 1.54) is 51.4 Å². The number of ether oxygens (including phenoxy) is 2. The van der Waals surface area contributed by atoms with Gasteiger partial charge in [-0.2, -0.15) is 0 Å². The highest BCUT2D eigenvalue weighted by Crippen LogP contribution is 2.20. The molecule has 1 rings (SSSR count). The number of aliphatic hydroxyl groups excluding tert-OH is 3. The molecular weight excluding hydrogens is 320 g/mol. The van der Waals surface area contributed by atoms with Crippen LogP contribution in [-0.4, -0.2) is 59.6 Å². The molecule has 148 valence electrons. The van der Waals surface area contributed by atoms with Gasteiger partial charge >= 0.3 is 0 Å². The second-order valence-electron chi connectivity index (χ2n) is 6.97. The van der Waals surface area contributed by atoms with Crippen LogP contribution in [0.15, 0.2) is 12.2 Å². The lowest BCUT2D eigenvalue weighted by molar-refractivity contribution is -0.0730. The standard InChI is InChI=1S/C20H38O5/c1-2-3-4-5-6-7-8-9-10-11-12-13-14-24-18-16-25-20(19(18)23)17(22)15-21/h5-6,17-23H,2-4,7-16H2,1H3/b6-5+/t17-,18+,19+,20+/m1/s1. The summed E-state index contributed by atoms with van der Waals surface area (Å²) in [7, 11) is 0. The molecule has 1 heterocycles. The predicted octanol–water partition coefficient (Wildman–Crippen LogP) is 2.96. The highest BCUT2D eigenvalue weighted by molar-refractivity contribution is 4.88. The fourth-order valence-electron chi connectivity index (χ4n) is 3.07. The van der Waals surface area contributed by atoms with Crippen molar-refractivity contribution in [2.24, 2.45) is 0 Å². The Morgan fingerprint density at radius 1 is 1.04 bits per heavy atom. The summed E-state index contributed by atoms with van der Waals surface area (Å²) in [5, 5.41) is 28.5. The van der Waals surface area contributed by atoms with Crippen molar-refractivity contribution >= 4 is 0 Å². The number of rotatable bonds is 15. The van der Waals surface area contributed by atoms with E-state index in [0.717, 1.165) is 12.8 Å². The molecule has 1 fully saturated rings. The van der Waals surface area contributed by atoms with Crippen molar-refractivity contribution in [1.82, 2.24) is 0 Å². The first kappa shape index (κ1) is 22.6. The predicted molar refractivity (Wildman–Crippen MR) is 99.6 cm³/mol. The van der Waals surface area contributed by atoms with Gasteiger partial charge in [-0.15, -0.1) is 0 Å². The average Bonchev–Trinajstić information content (AvgIpc) is 2.99. The molecule has 5 heteroatoms. The van der Waals surface area contributed by atoms with E-state index >= 15 is 0 Å². The van der Waals surface area contributed by atoms with E-state index in [-0.39, 0.29) is 6.61 Å². The van der Waals surface area contributed by atoms with Crippen molar-refractivity contribution in [2.75, 3.05) is 19.8 Å². The van der Waals surface area contributed by atoms with E-state index in [0.29, 0.717) is 6.61 Å². The molecule has 0 unspecified atom stereocenters. The third kappa shape index (κ3) is 9.71. The highest BCUT2D eigenvalue weighted by atomic mass is 16.6. The Hall–Kier alpha value is -0.460. The summed E-state index contributed by atoms with van der Waals surface area (Å²) in [6.45, 7) is 2.69. The third-order valence-corrected chi connectivity index (χ3v) is 4.72. The van der Waals surface area contributed by atoms with Gasteiger partial charge in [0.2, 0.25) is 0 Å². The average molecular weight is 359 g/mol. The van der Waals surface area contributed by atoms with Crippen LogP contribution in [0.5, 0.6) is 0 Å². The first-order chi connectivity index (χ1) is 12.2. The summed E-state index contributed by atoms with van der Waals surface area (Å²) in [5.74, 6) is 0. The van der Waals surface area contributed by atoms with Gasteiger partial charge in [-0.05, 0) is 25.7 Å². The maximum atomic E-state index is 10.0. The van der Waals surface area contributed by atoms with Crippen LogP contribution in [0, 0.1) is 0 Å². The third-order valence-electron chi connectivity index (χ3n) is 4.72. The summed E-state index contributed by atoms with van der Waals surface area (Å²) in [4.78, 5) is 0. The van der Waals surface area contributed by atoms with E-state index < -0.39 is 31.0 Å². The Balaban J connectivity index is 1.90. The highest BCUT2D eigenvalue weighted by Gasteiger charge is 2.40. The normalized spacial score (nSPS) is 25.0. The summed E-state index contributed by atoms with van der Waals surface area (Å²) in [5.41, 5.74) is 0. The molecule has 1 saturated heterocycles. The van der Waals surface area contributed by atoms with Crippen molar-refractivity contribution in [3.63, 3.8) is 0 Å². The van der Waals surface area contributed by atoms with Crippen LogP contribution < -0.4 is 0 Å². The molecule has 0 bridgehead atoms. The van der Waals surface area contributed by atoms with Gasteiger partial charge in [-0.1, -0.05) is 57.6 Å². The topological polar surface area (TPSA) is 79.2 Å². The van der Waals surface area contributed by atoms with E-state index in [4.69, 9.17) is 14.6 Å². The number of unbranched alkanes of at least 4 members (excludes halogenated alkanes) is 8. The number of allylic oxidation sites excluding steroid dienone is 2. The van der Waals surface area contributed by atoms with Gasteiger partial charge in [-0.3, -0.25) is 0 Å². The van der Waals surface area contributed by atoms with Crippen molar-refractivity contribution in [2.45, 2.75) is 95.5 Å². The first-order valence-corrected chi connectivity index (χ1v) is 10.1. The first-order valence-electron chi connectivity index (χ1n) is 10.1. The monoisotopic (exact) mass is 358 g/mol. The Bertz CT molecular complexity index is 334. The number of hydrogen-bond donors (Lipinski definition) is 3. The van der Waals surface area contributed by atoms with Crippen LogP contribution in [0.25, 0.3) is 0 Å². The lowest BCUT2D eigenvalue weighted by atomic mass is 10.1. The van der Waals surface area contributed by atoms with Crippen LogP contribution in [-0.2, 0) is 9.47 Å². The Kier molecular flexibility index (Phi) is 13.3. The van der Waals surface area contributed by atoms with E-state index in [1.807, 2.05) is 0 Å². The molecule has 4 atom stereocenters.